The third kappa shape index (κ3) is 6.79. The molecule has 1 atom stereocenters. The summed E-state index contributed by atoms with van der Waals surface area (Å²) in [6.45, 7) is 4.25. The maximum atomic E-state index is 13.7. The zero-order valence-electron chi connectivity index (χ0n) is 17.8. The minimum atomic E-state index is -5.08. The normalized spacial score (nSPS) is 21.8. The number of carboxylic acid groups (broad SMARTS) is 1. The molecule has 2 aliphatic heterocycles. The molecule has 0 radical (unpaired) electrons. The van der Waals surface area contributed by atoms with Crippen molar-refractivity contribution in [3.8, 4) is 0 Å². The second kappa shape index (κ2) is 11.3. The highest BCUT2D eigenvalue weighted by atomic mass is 35.5. The number of methoxy groups -OCH3 is 1. The number of halogens is 5. The van der Waals surface area contributed by atoms with E-state index in [0.29, 0.717) is 12.1 Å². The summed E-state index contributed by atoms with van der Waals surface area (Å²) in [4.78, 5) is 26.1. The Labute approximate surface area is 189 Å². The molecule has 1 unspecified atom stereocenters. The van der Waals surface area contributed by atoms with E-state index in [1.807, 2.05) is 4.90 Å². The Kier molecular flexibility index (Phi) is 9.29. The number of benzene rings is 1. The van der Waals surface area contributed by atoms with E-state index >= 15 is 0 Å². The SMILES string of the molecule is COCCN1CCCC12CCCN(C(=O)c1ccc(Cl)c(F)c1)CC2.O=C(O)C(F)(F)F. The number of likely N-dealkylation sites (tertiary alicyclic amines) is 2. The zero-order chi connectivity index (χ0) is 23.9. The lowest BCUT2D eigenvalue weighted by Crippen LogP contribution is -2.46. The van der Waals surface area contributed by atoms with Crippen LogP contribution in [0.3, 0.4) is 0 Å². The highest BCUT2D eigenvalue weighted by Gasteiger charge is 2.42. The first-order valence-electron chi connectivity index (χ1n) is 10.3. The van der Waals surface area contributed by atoms with Gasteiger partial charge in [0.2, 0.25) is 0 Å². The minimum absolute atomic E-state index is 0.0473. The van der Waals surface area contributed by atoms with Crippen molar-refractivity contribution in [2.24, 2.45) is 0 Å². The van der Waals surface area contributed by atoms with Crippen LogP contribution in [0.2, 0.25) is 5.02 Å². The Morgan fingerprint density at radius 2 is 1.78 bits per heavy atom. The van der Waals surface area contributed by atoms with E-state index in [1.165, 1.54) is 25.0 Å². The maximum absolute atomic E-state index is 13.7. The molecule has 1 aromatic rings. The van der Waals surface area contributed by atoms with Gasteiger partial charge in [-0.05, 0) is 56.8 Å². The number of aliphatic carboxylic acids is 1. The van der Waals surface area contributed by atoms with E-state index in [1.54, 1.807) is 13.2 Å². The van der Waals surface area contributed by atoms with E-state index in [4.69, 9.17) is 26.2 Å². The van der Waals surface area contributed by atoms with Gasteiger partial charge in [-0.25, -0.2) is 9.18 Å². The van der Waals surface area contributed by atoms with E-state index in [9.17, 15) is 22.4 Å². The first-order valence-corrected chi connectivity index (χ1v) is 10.7. The molecule has 1 aromatic carbocycles. The summed E-state index contributed by atoms with van der Waals surface area (Å²) in [5.74, 6) is -3.40. The van der Waals surface area contributed by atoms with E-state index in [-0.39, 0.29) is 16.5 Å². The molecule has 32 heavy (non-hydrogen) atoms. The number of alkyl halides is 3. The molecule has 0 saturated carbocycles. The largest absolute Gasteiger partial charge is 0.490 e. The summed E-state index contributed by atoms with van der Waals surface area (Å²) in [5, 5.41) is 7.17. The summed E-state index contributed by atoms with van der Waals surface area (Å²) >= 11 is 5.72. The van der Waals surface area contributed by atoms with Gasteiger partial charge in [-0.2, -0.15) is 13.2 Å². The molecular weight excluding hydrogens is 456 g/mol. The molecule has 6 nitrogen and oxygen atoms in total. The Hall–Kier alpha value is -1.91. The van der Waals surface area contributed by atoms with Crippen LogP contribution in [-0.2, 0) is 9.53 Å². The lowest BCUT2D eigenvalue weighted by atomic mass is 9.88. The fourth-order valence-corrected chi connectivity index (χ4v) is 4.42. The number of amides is 1. The van der Waals surface area contributed by atoms with Gasteiger partial charge in [-0.3, -0.25) is 9.69 Å². The van der Waals surface area contributed by atoms with Crippen LogP contribution >= 0.6 is 11.6 Å². The van der Waals surface area contributed by atoms with Gasteiger partial charge in [0.25, 0.3) is 5.91 Å². The van der Waals surface area contributed by atoms with E-state index in [2.05, 4.69) is 4.90 Å². The molecule has 0 aliphatic carbocycles. The third-order valence-corrected chi connectivity index (χ3v) is 6.23. The molecule has 1 amide bonds. The van der Waals surface area contributed by atoms with Crippen molar-refractivity contribution < 1.29 is 37.0 Å². The fraction of sp³-hybridized carbons (Fsp3) is 0.619. The summed E-state index contributed by atoms with van der Waals surface area (Å²) in [7, 11) is 1.74. The van der Waals surface area contributed by atoms with E-state index in [0.717, 1.165) is 45.5 Å². The number of rotatable bonds is 4. The number of carboxylic acids is 1. The molecule has 1 N–H and O–H groups in total. The van der Waals surface area contributed by atoms with Gasteiger partial charge in [0.15, 0.2) is 0 Å². The lowest BCUT2D eigenvalue weighted by Gasteiger charge is -2.38. The van der Waals surface area contributed by atoms with Gasteiger partial charge in [0.05, 0.1) is 11.6 Å². The first kappa shape index (κ1) is 26.3. The Morgan fingerprint density at radius 1 is 1.16 bits per heavy atom. The van der Waals surface area contributed by atoms with Gasteiger partial charge in [-0.15, -0.1) is 0 Å². The molecular formula is C21H27ClF4N2O4. The summed E-state index contributed by atoms with van der Waals surface area (Å²) in [5.41, 5.74) is 0.569. The molecule has 2 heterocycles. The van der Waals surface area contributed by atoms with Crippen molar-refractivity contribution in [2.75, 3.05) is 39.9 Å². The molecule has 0 bridgehead atoms. The second-order valence-corrected chi connectivity index (χ2v) is 8.29. The van der Waals surface area contributed by atoms with Crippen molar-refractivity contribution in [3.05, 3.63) is 34.6 Å². The quantitative estimate of drug-likeness (QED) is 0.651. The van der Waals surface area contributed by atoms with Crippen LogP contribution in [0.5, 0.6) is 0 Å². The second-order valence-electron chi connectivity index (χ2n) is 7.89. The molecule has 2 aliphatic rings. The summed E-state index contributed by atoms with van der Waals surface area (Å²) in [6.07, 6.45) is 0.369. The molecule has 180 valence electrons. The van der Waals surface area contributed by atoms with Gasteiger partial charge in [-0.1, -0.05) is 11.6 Å². The van der Waals surface area contributed by atoms with Crippen molar-refractivity contribution in [1.82, 2.24) is 9.80 Å². The highest BCUT2D eigenvalue weighted by molar-refractivity contribution is 6.30. The van der Waals surface area contributed by atoms with Crippen molar-refractivity contribution in [2.45, 2.75) is 43.8 Å². The van der Waals surface area contributed by atoms with Gasteiger partial charge >= 0.3 is 12.1 Å². The smallest absolute Gasteiger partial charge is 0.475 e. The minimum Gasteiger partial charge on any atom is -0.475 e. The molecule has 3 rings (SSSR count). The van der Waals surface area contributed by atoms with Crippen LogP contribution in [0.4, 0.5) is 17.6 Å². The Bertz CT molecular complexity index is 808. The lowest BCUT2D eigenvalue weighted by molar-refractivity contribution is -0.192. The molecule has 1 spiro atoms. The van der Waals surface area contributed by atoms with Crippen molar-refractivity contribution in [3.63, 3.8) is 0 Å². The number of ether oxygens (including phenoxy) is 1. The summed E-state index contributed by atoms with van der Waals surface area (Å²) < 4.78 is 50.7. The predicted octanol–water partition coefficient (Wildman–Crippen LogP) is 4.22. The fourth-order valence-electron chi connectivity index (χ4n) is 4.30. The molecule has 2 fully saturated rings. The number of carbonyl (C=O) groups excluding carboxylic acids is 1. The van der Waals surface area contributed by atoms with Gasteiger partial charge in [0, 0.05) is 37.8 Å². The Morgan fingerprint density at radius 3 is 2.34 bits per heavy atom. The number of nitrogens with zero attached hydrogens (tertiary/aromatic N) is 2. The average Bonchev–Trinajstić information content (AvgIpc) is 2.99. The molecule has 0 aromatic heterocycles. The van der Waals surface area contributed by atoms with Crippen LogP contribution in [0, 0.1) is 5.82 Å². The van der Waals surface area contributed by atoms with Crippen molar-refractivity contribution in [1.29, 1.82) is 0 Å². The van der Waals surface area contributed by atoms with Crippen LogP contribution < -0.4 is 0 Å². The zero-order valence-corrected chi connectivity index (χ0v) is 18.5. The number of hydrogen-bond donors (Lipinski definition) is 1. The first-order chi connectivity index (χ1) is 15.0. The number of carbonyl (C=O) groups is 2. The molecule has 11 heteroatoms. The molecule has 2 saturated heterocycles. The van der Waals surface area contributed by atoms with Crippen LogP contribution in [0.15, 0.2) is 18.2 Å². The maximum Gasteiger partial charge on any atom is 0.490 e. The summed E-state index contributed by atoms with van der Waals surface area (Å²) in [6, 6.07) is 4.30. The highest BCUT2D eigenvalue weighted by Crippen LogP contribution is 2.38. The third-order valence-electron chi connectivity index (χ3n) is 5.92. The predicted molar refractivity (Wildman–Crippen MR) is 110 cm³/mol. The van der Waals surface area contributed by atoms with Gasteiger partial charge < -0.3 is 14.7 Å². The topological polar surface area (TPSA) is 70.1 Å². The van der Waals surface area contributed by atoms with Crippen LogP contribution in [0.25, 0.3) is 0 Å². The van der Waals surface area contributed by atoms with Crippen LogP contribution in [-0.4, -0.2) is 78.4 Å². The standard InChI is InChI=1S/C19H26ClFN2O2.C2HF3O2/c1-25-13-12-23-10-3-7-19(23)6-2-9-22(11-8-19)18(24)15-4-5-16(20)17(21)14-15;3-2(4,5)1(6)7/h4-5,14H,2-3,6-13H2,1H3;(H,6,7). The van der Waals surface area contributed by atoms with E-state index < -0.39 is 18.0 Å². The monoisotopic (exact) mass is 482 g/mol. The van der Waals surface area contributed by atoms with Gasteiger partial charge in [0.1, 0.15) is 5.82 Å². The van der Waals surface area contributed by atoms with Crippen molar-refractivity contribution >= 4 is 23.5 Å². The average molecular weight is 483 g/mol. The number of hydrogen-bond acceptors (Lipinski definition) is 4. The van der Waals surface area contributed by atoms with Crippen LogP contribution in [0.1, 0.15) is 42.5 Å². The Balaban J connectivity index is 0.000000451.